The van der Waals surface area contributed by atoms with E-state index >= 15 is 0 Å². The summed E-state index contributed by atoms with van der Waals surface area (Å²) in [5.41, 5.74) is 6.94. The zero-order valence-corrected chi connectivity index (χ0v) is 11.2. The van der Waals surface area contributed by atoms with Crippen LogP contribution in [0.15, 0.2) is 24.4 Å². The number of anilines is 2. The van der Waals surface area contributed by atoms with E-state index in [4.69, 9.17) is 10.5 Å². The van der Waals surface area contributed by atoms with E-state index in [1.165, 1.54) is 17.9 Å². The molecule has 0 unspecified atom stereocenters. The van der Waals surface area contributed by atoms with E-state index in [9.17, 15) is 10.1 Å². The number of ether oxygens (including phenoxy) is 1. The van der Waals surface area contributed by atoms with Gasteiger partial charge >= 0.3 is 0 Å². The first kappa shape index (κ1) is 13.7. The largest absolute Gasteiger partial charge is 0.497 e. The van der Waals surface area contributed by atoms with E-state index in [0.717, 1.165) is 5.56 Å². The van der Waals surface area contributed by atoms with Gasteiger partial charge in [0.05, 0.1) is 18.2 Å². The first-order valence-corrected chi connectivity index (χ1v) is 5.85. The fourth-order valence-electron chi connectivity index (χ4n) is 1.76. The Balaban J connectivity index is 2.23. The summed E-state index contributed by atoms with van der Waals surface area (Å²) in [6.07, 6.45) is 1.62. The van der Waals surface area contributed by atoms with Crippen LogP contribution in [0.2, 0.25) is 0 Å². The molecular weight excluding hydrogens is 262 g/mol. The van der Waals surface area contributed by atoms with Crippen molar-refractivity contribution < 1.29 is 9.66 Å². The van der Waals surface area contributed by atoms with Crippen LogP contribution in [0.25, 0.3) is 0 Å². The maximum absolute atomic E-state index is 11.0. The number of aromatic nitrogens is 2. The van der Waals surface area contributed by atoms with E-state index in [1.54, 1.807) is 25.4 Å². The minimum atomic E-state index is -0.450. The first-order valence-electron chi connectivity index (χ1n) is 5.85. The van der Waals surface area contributed by atoms with Crippen LogP contribution < -0.4 is 15.8 Å². The average Bonchev–Trinajstić information content (AvgIpc) is 2.76. The number of hydrogen-bond acceptors (Lipinski definition) is 6. The molecule has 0 aliphatic rings. The van der Waals surface area contributed by atoms with Gasteiger partial charge in [-0.15, -0.1) is 0 Å². The molecule has 0 aliphatic heterocycles. The number of hydrogen-bond donors (Lipinski definition) is 2. The van der Waals surface area contributed by atoms with Crippen LogP contribution >= 0.6 is 0 Å². The van der Waals surface area contributed by atoms with Crippen molar-refractivity contribution in [1.29, 1.82) is 0 Å². The third kappa shape index (κ3) is 2.63. The minimum absolute atomic E-state index is 0.0201. The molecule has 8 nitrogen and oxygen atoms in total. The first-order chi connectivity index (χ1) is 9.52. The quantitative estimate of drug-likeness (QED) is 0.633. The van der Waals surface area contributed by atoms with Gasteiger partial charge in [-0.1, -0.05) is 0 Å². The van der Waals surface area contributed by atoms with Gasteiger partial charge in [0.1, 0.15) is 17.3 Å². The highest BCUT2D eigenvalue weighted by atomic mass is 16.6. The molecule has 0 radical (unpaired) electrons. The summed E-state index contributed by atoms with van der Waals surface area (Å²) in [5.74, 6) is 1.06. The Morgan fingerprint density at radius 2 is 2.30 bits per heavy atom. The normalized spacial score (nSPS) is 10.3. The second kappa shape index (κ2) is 5.47. The molecule has 1 aromatic heterocycles. The van der Waals surface area contributed by atoms with E-state index in [0.29, 0.717) is 23.8 Å². The maximum atomic E-state index is 11.0. The SMILES string of the molecule is COc1ccc([N+](=O)[O-])c(NCc2cnn(C)c2N)c1. The fraction of sp³-hybridized carbons (Fsp3) is 0.250. The third-order valence-corrected chi connectivity index (χ3v) is 2.93. The lowest BCUT2D eigenvalue weighted by atomic mass is 10.2. The highest BCUT2D eigenvalue weighted by molar-refractivity contribution is 5.64. The van der Waals surface area contributed by atoms with Crippen molar-refractivity contribution in [3.8, 4) is 5.75 Å². The molecule has 0 fully saturated rings. The van der Waals surface area contributed by atoms with Gasteiger partial charge in [-0.25, -0.2) is 0 Å². The Morgan fingerprint density at radius 3 is 2.85 bits per heavy atom. The van der Waals surface area contributed by atoms with Gasteiger partial charge < -0.3 is 15.8 Å². The molecule has 1 heterocycles. The molecule has 106 valence electrons. The minimum Gasteiger partial charge on any atom is -0.497 e. The van der Waals surface area contributed by atoms with Crippen molar-refractivity contribution in [3.05, 3.63) is 40.1 Å². The van der Waals surface area contributed by atoms with Crippen molar-refractivity contribution in [2.75, 3.05) is 18.2 Å². The van der Waals surface area contributed by atoms with Gasteiger partial charge in [0.25, 0.3) is 5.69 Å². The molecule has 3 N–H and O–H groups in total. The number of nitrogens with two attached hydrogens (primary N) is 1. The van der Waals surface area contributed by atoms with Gasteiger partial charge in [0.15, 0.2) is 0 Å². The maximum Gasteiger partial charge on any atom is 0.292 e. The highest BCUT2D eigenvalue weighted by Gasteiger charge is 2.15. The number of nitrogens with one attached hydrogen (secondary N) is 1. The van der Waals surface area contributed by atoms with Crippen LogP contribution in [-0.4, -0.2) is 21.8 Å². The van der Waals surface area contributed by atoms with Crippen molar-refractivity contribution in [3.63, 3.8) is 0 Å². The predicted octanol–water partition coefficient (Wildman–Crippen LogP) is 1.53. The number of rotatable bonds is 5. The summed E-state index contributed by atoms with van der Waals surface area (Å²) < 4.78 is 6.60. The number of methoxy groups -OCH3 is 1. The number of nitrogen functional groups attached to an aromatic ring is 1. The molecule has 0 spiro atoms. The molecular formula is C12H15N5O3. The zero-order chi connectivity index (χ0) is 14.7. The Morgan fingerprint density at radius 1 is 1.55 bits per heavy atom. The second-order valence-electron chi connectivity index (χ2n) is 4.17. The Hall–Kier alpha value is -2.77. The smallest absolute Gasteiger partial charge is 0.292 e. The van der Waals surface area contributed by atoms with Gasteiger partial charge in [-0.05, 0) is 6.07 Å². The monoisotopic (exact) mass is 277 g/mol. The third-order valence-electron chi connectivity index (χ3n) is 2.93. The van der Waals surface area contributed by atoms with Crippen LogP contribution in [0.3, 0.4) is 0 Å². The van der Waals surface area contributed by atoms with Crippen molar-refractivity contribution in [1.82, 2.24) is 9.78 Å². The lowest BCUT2D eigenvalue weighted by Crippen LogP contribution is -2.05. The zero-order valence-electron chi connectivity index (χ0n) is 11.2. The molecule has 0 atom stereocenters. The van der Waals surface area contributed by atoms with Crippen molar-refractivity contribution >= 4 is 17.2 Å². The van der Waals surface area contributed by atoms with Gasteiger partial charge in [0.2, 0.25) is 0 Å². The van der Waals surface area contributed by atoms with Crippen molar-refractivity contribution in [2.45, 2.75) is 6.54 Å². The standard InChI is InChI=1S/C12H15N5O3/c1-16-12(13)8(7-15-16)6-14-10-5-9(20-2)3-4-11(10)17(18)19/h3-5,7,14H,6,13H2,1-2H3. The summed E-state index contributed by atoms with van der Waals surface area (Å²) >= 11 is 0. The van der Waals surface area contributed by atoms with E-state index < -0.39 is 4.92 Å². The predicted molar refractivity (Wildman–Crippen MR) is 74.6 cm³/mol. The Kier molecular flexibility index (Phi) is 3.74. The number of benzene rings is 1. The number of aryl methyl sites for hydroxylation is 1. The highest BCUT2D eigenvalue weighted by Crippen LogP contribution is 2.29. The summed E-state index contributed by atoms with van der Waals surface area (Å²) in [7, 11) is 3.23. The molecule has 0 bridgehead atoms. The average molecular weight is 277 g/mol. The molecule has 2 rings (SSSR count). The Bertz CT molecular complexity index is 638. The summed E-state index contributed by atoms with van der Waals surface area (Å²) in [5, 5.41) is 18.0. The molecule has 20 heavy (non-hydrogen) atoms. The number of nitro benzene ring substituents is 1. The molecule has 0 aliphatic carbocycles. The number of nitrogens with zero attached hydrogens (tertiary/aromatic N) is 3. The van der Waals surface area contributed by atoms with Crippen LogP contribution in [0, 0.1) is 10.1 Å². The van der Waals surface area contributed by atoms with Crippen LogP contribution in [-0.2, 0) is 13.6 Å². The van der Waals surface area contributed by atoms with E-state index in [2.05, 4.69) is 10.4 Å². The summed E-state index contributed by atoms with van der Waals surface area (Å²) in [6, 6.07) is 4.51. The second-order valence-corrected chi connectivity index (χ2v) is 4.17. The van der Waals surface area contributed by atoms with Gasteiger partial charge in [-0.3, -0.25) is 14.8 Å². The van der Waals surface area contributed by atoms with Crippen LogP contribution in [0.5, 0.6) is 5.75 Å². The molecule has 8 heteroatoms. The number of nitro groups is 1. The van der Waals surface area contributed by atoms with Crippen LogP contribution in [0.1, 0.15) is 5.56 Å². The van der Waals surface area contributed by atoms with Crippen molar-refractivity contribution in [2.24, 2.45) is 7.05 Å². The topological polar surface area (TPSA) is 108 Å². The van der Waals surface area contributed by atoms with Crippen LogP contribution in [0.4, 0.5) is 17.2 Å². The van der Waals surface area contributed by atoms with E-state index in [-0.39, 0.29) is 5.69 Å². The Labute approximate surface area is 115 Å². The molecule has 0 saturated heterocycles. The molecule has 1 aromatic carbocycles. The molecule has 2 aromatic rings. The van der Waals surface area contributed by atoms with Gasteiger partial charge in [0, 0.05) is 31.3 Å². The molecule has 0 amide bonds. The summed E-state index contributed by atoms with van der Waals surface area (Å²) in [4.78, 5) is 10.5. The molecule has 0 saturated carbocycles. The fourth-order valence-corrected chi connectivity index (χ4v) is 1.76. The summed E-state index contributed by atoms with van der Waals surface area (Å²) in [6.45, 7) is 0.341. The lowest BCUT2D eigenvalue weighted by Gasteiger charge is -2.08. The van der Waals surface area contributed by atoms with E-state index in [1.807, 2.05) is 0 Å². The van der Waals surface area contributed by atoms with Gasteiger partial charge in [-0.2, -0.15) is 5.10 Å². The lowest BCUT2D eigenvalue weighted by molar-refractivity contribution is -0.384.